The molecule has 8 nitrogen and oxygen atoms in total. The molecule has 2 aromatic heterocycles. The topological polar surface area (TPSA) is 94.3 Å². The van der Waals surface area contributed by atoms with Gasteiger partial charge < -0.3 is 10.6 Å². The number of rotatable bonds is 4. The van der Waals surface area contributed by atoms with Gasteiger partial charge in [-0.3, -0.25) is 14.4 Å². The summed E-state index contributed by atoms with van der Waals surface area (Å²) in [4.78, 5) is 26.2. The van der Waals surface area contributed by atoms with Crippen molar-refractivity contribution in [2.75, 3.05) is 18.0 Å². The van der Waals surface area contributed by atoms with E-state index in [2.05, 4.69) is 39.0 Å². The van der Waals surface area contributed by atoms with Crippen molar-refractivity contribution in [3.63, 3.8) is 0 Å². The predicted molar refractivity (Wildman–Crippen MR) is 128 cm³/mol. The predicted octanol–water partition coefficient (Wildman–Crippen LogP) is 2.25. The van der Waals surface area contributed by atoms with Crippen LogP contribution in [0.1, 0.15) is 25.3 Å². The standard InChI is InChI=1S/C23H25N7OS/c1-2-3-11-29-21-18(27-23(29)28-10-6-8-17(24)14-28)13-26-30(22(21)31)15-20-25-12-16-7-4-5-9-19(16)32-20/h4-5,7,9,13,17H,6,8,10-12,14-15,24H2,1H3. The summed E-state index contributed by atoms with van der Waals surface area (Å²) in [6, 6.07) is 8.32. The number of fused-ring (bicyclic) bond motifs is 2. The van der Waals surface area contributed by atoms with Crippen molar-refractivity contribution in [2.24, 2.45) is 10.7 Å². The van der Waals surface area contributed by atoms with Crippen LogP contribution in [0, 0.1) is 11.8 Å². The minimum atomic E-state index is -0.178. The summed E-state index contributed by atoms with van der Waals surface area (Å²) in [6.07, 6.45) is 3.68. The zero-order valence-corrected chi connectivity index (χ0v) is 18.8. The Bertz CT molecular complexity index is 1310. The van der Waals surface area contributed by atoms with Gasteiger partial charge in [0.1, 0.15) is 11.0 Å². The molecule has 1 unspecified atom stereocenters. The van der Waals surface area contributed by atoms with Crippen molar-refractivity contribution in [1.82, 2.24) is 19.3 Å². The minimum absolute atomic E-state index is 0.105. The van der Waals surface area contributed by atoms with Gasteiger partial charge in [-0.05, 0) is 31.4 Å². The Morgan fingerprint density at radius 2 is 2.19 bits per heavy atom. The van der Waals surface area contributed by atoms with Gasteiger partial charge in [-0.2, -0.15) is 5.10 Å². The van der Waals surface area contributed by atoms with Crippen molar-refractivity contribution >= 4 is 33.8 Å². The number of thioether (sulfide) groups is 1. The molecule has 0 amide bonds. The molecule has 1 atom stereocenters. The highest BCUT2D eigenvalue weighted by atomic mass is 32.2. The maximum absolute atomic E-state index is 13.5. The highest BCUT2D eigenvalue weighted by Gasteiger charge is 2.24. The van der Waals surface area contributed by atoms with Crippen LogP contribution in [0.2, 0.25) is 0 Å². The van der Waals surface area contributed by atoms with Crippen LogP contribution in [0.15, 0.2) is 45.1 Å². The van der Waals surface area contributed by atoms with Crippen LogP contribution in [0.3, 0.4) is 0 Å². The van der Waals surface area contributed by atoms with Gasteiger partial charge in [-0.1, -0.05) is 35.9 Å². The normalized spacial score (nSPS) is 18.1. The minimum Gasteiger partial charge on any atom is -0.341 e. The van der Waals surface area contributed by atoms with Crippen LogP contribution >= 0.6 is 11.8 Å². The number of nitrogens with zero attached hydrogens (tertiary/aromatic N) is 6. The number of hydrogen-bond acceptors (Lipinski definition) is 7. The number of nitrogens with two attached hydrogens (primary N) is 1. The van der Waals surface area contributed by atoms with E-state index in [9.17, 15) is 4.79 Å². The fourth-order valence-electron chi connectivity index (χ4n) is 4.20. The SMILES string of the molecule is CC#CCn1c(N2CCCC(N)C2)nc2cnn(CC3=NCc4ccccc4S3)c(=O)c21. The lowest BCUT2D eigenvalue weighted by Crippen LogP contribution is -2.44. The molecule has 0 saturated carbocycles. The molecular formula is C23H25N7OS. The number of hydrogen-bond donors (Lipinski definition) is 1. The van der Waals surface area contributed by atoms with Crippen LogP contribution < -0.4 is 16.2 Å². The number of benzene rings is 1. The van der Waals surface area contributed by atoms with Crippen LogP contribution in [-0.2, 0) is 19.6 Å². The van der Waals surface area contributed by atoms with E-state index >= 15 is 0 Å². The van der Waals surface area contributed by atoms with Gasteiger partial charge >= 0.3 is 0 Å². The third kappa shape index (κ3) is 3.92. The summed E-state index contributed by atoms with van der Waals surface area (Å²) < 4.78 is 3.39. The molecule has 1 fully saturated rings. The summed E-state index contributed by atoms with van der Waals surface area (Å²) >= 11 is 1.60. The smallest absolute Gasteiger partial charge is 0.293 e. The summed E-state index contributed by atoms with van der Waals surface area (Å²) in [5.74, 6) is 6.76. The third-order valence-electron chi connectivity index (χ3n) is 5.80. The van der Waals surface area contributed by atoms with E-state index in [0.29, 0.717) is 30.7 Å². The van der Waals surface area contributed by atoms with Crippen LogP contribution in [0.5, 0.6) is 0 Å². The molecule has 2 N–H and O–H groups in total. The lowest BCUT2D eigenvalue weighted by molar-refractivity contribution is 0.496. The molecule has 9 heteroatoms. The highest BCUT2D eigenvalue weighted by molar-refractivity contribution is 8.14. The third-order valence-corrected chi connectivity index (χ3v) is 6.91. The van der Waals surface area contributed by atoms with E-state index in [0.717, 1.165) is 36.9 Å². The van der Waals surface area contributed by atoms with Crippen molar-refractivity contribution in [2.45, 2.75) is 50.3 Å². The maximum atomic E-state index is 13.5. The Morgan fingerprint density at radius 1 is 1.31 bits per heavy atom. The van der Waals surface area contributed by atoms with E-state index in [-0.39, 0.29) is 11.6 Å². The Morgan fingerprint density at radius 3 is 3.03 bits per heavy atom. The number of piperidine rings is 1. The Labute approximate surface area is 190 Å². The Hall–Kier alpha value is -3.09. The molecule has 1 aromatic carbocycles. The Kier molecular flexibility index (Phi) is 5.72. The first-order valence-corrected chi connectivity index (χ1v) is 11.6. The Balaban J connectivity index is 1.52. The second kappa shape index (κ2) is 8.81. The second-order valence-corrected chi connectivity index (χ2v) is 9.15. The number of imidazole rings is 1. The highest BCUT2D eigenvalue weighted by Crippen LogP contribution is 2.29. The van der Waals surface area contributed by atoms with Crippen molar-refractivity contribution in [1.29, 1.82) is 0 Å². The second-order valence-electron chi connectivity index (χ2n) is 8.03. The summed E-state index contributed by atoms with van der Waals surface area (Å²) in [5.41, 5.74) is 8.34. The van der Waals surface area contributed by atoms with E-state index in [1.54, 1.807) is 24.9 Å². The molecule has 4 heterocycles. The molecule has 2 aliphatic rings. The molecular weight excluding hydrogens is 422 g/mol. The number of aromatic nitrogens is 4. The first-order valence-electron chi connectivity index (χ1n) is 10.8. The lowest BCUT2D eigenvalue weighted by Gasteiger charge is -2.31. The largest absolute Gasteiger partial charge is 0.341 e. The van der Waals surface area contributed by atoms with Gasteiger partial charge in [-0.25, -0.2) is 9.67 Å². The van der Waals surface area contributed by atoms with Crippen molar-refractivity contribution in [3.05, 3.63) is 46.4 Å². The summed E-state index contributed by atoms with van der Waals surface area (Å²) in [7, 11) is 0. The van der Waals surface area contributed by atoms with E-state index in [1.165, 1.54) is 15.1 Å². The van der Waals surface area contributed by atoms with Gasteiger partial charge in [0.25, 0.3) is 5.56 Å². The zero-order valence-electron chi connectivity index (χ0n) is 18.0. The van der Waals surface area contributed by atoms with Gasteiger partial charge in [0, 0.05) is 24.0 Å². The van der Waals surface area contributed by atoms with Crippen molar-refractivity contribution in [3.8, 4) is 11.8 Å². The zero-order chi connectivity index (χ0) is 22.1. The molecule has 0 spiro atoms. The maximum Gasteiger partial charge on any atom is 0.293 e. The van der Waals surface area contributed by atoms with E-state index in [4.69, 9.17) is 10.7 Å². The van der Waals surface area contributed by atoms with E-state index < -0.39 is 0 Å². The number of aliphatic imine (C=N–C) groups is 1. The van der Waals surface area contributed by atoms with Gasteiger partial charge in [0.05, 0.1) is 30.9 Å². The fourth-order valence-corrected chi connectivity index (χ4v) is 5.18. The molecule has 3 aromatic rings. The molecule has 1 saturated heterocycles. The molecule has 164 valence electrons. The molecule has 0 radical (unpaired) electrons. The average Bonchev–Trinajstić information content (AvgIpc) is 3.19. The van der Waals surface area contributed by atoms with E-state index in [1.807, 2.05) is 16.7 Å². The lowest BCUT2D eigenvalue weighted by atomic mass is 10.1. The van der Waals surface area contributed by atoms with Crippen LogP contribution in [-0.4, -0.2) is 43.5 Å². The first-order chi connectivity index (χ1) is 15.6. The monoisotopic (exact) mass is 447 g/mol. The fraction of sp³-hybridized carbons (Fsp3) is 0.391. The summed E-state index contributed by atoms with van der Waals surface area (Å²) in [6.45, 7) is 4.74. The molecule has 32 heavy (non-hydrogen) atoms. The van der Waals surface area contributed by atoms with Crippen molar-refractivity contribution < 1.29 is 0 Å². The summed E-state index contributed by atoms with van der Waals surface area (Å²) in [5, 5.41) is 5.28. The van der Waals surface area contributed by atoms with Crippen LogP contribution in [0.25, 0.3) is 11.0 Å². The average molecular weight is 448 g/mol. The number of anilines is 1. The van der Waals surface area contributed by atoms with Gasteiger partial charge in [0.2, 0.25) is 5.95 Å². The van der Waals surface area contributed by atoms with Gasteiger partial charge in [0.15, 0.2) is 0 Å². The first kappa shape index (κ1) is 20.8. The van der Waals surface area contributed by atoms with Gasteiger partial charge in [-0.15, -0.1) is 5.92 Å². The van der Waals surface area contributed by atoms with Crippen LogP contribution in [0.4, 0.5) is 5.95 Å². The quantitative estimate of drug-likeness (QED) is 0.617. The molecule has 0 bridgehead atoms. The molecule has 0 aliphatic carbocycles. The molecule has 2 aliphatic heterocycles. The molecule has 5 rings (SSSR count).